The van der Waals surface area contributed by atoms with Crippen LogP contribution in [0.15, 0.2) is 65.7 Å². The summed E-state index contributed by atoms with van der Waals surface area (Å²) >= 11 is 0. The number of rotatable bonds is 3. The first-order chi connectivity index (χ1) is 8.27. The molecular formula is C14H11NO2. The second-order valence-corrected chi connectivity index (χ2v) is 3.47. The minimum absolute atomic E-state index is 0.0526. The maximum atomic E-state index is 11.2. The van der Waals surface area contributed by atoms with Gasteiger partial charge in [0.25, 0.3) is 0 Å². The second kappa shape index (κ2) is 5.07. The van der Waals surface area contributed by atoms with Gasteiger partial charge in [-0.2, -0.15) is 0 Å². The minimum atomic E-state index is -1.03. The van der Waals surface area contributed by atoms with E-state index >= 15 is 0 Å². The predicted molar refractivity (Wildman–Crippen MR) is 66.7 cm³/mol. The Morgan fingerprint density at radius 2 is 1.41 bits per heavy atom. The Hall–Kier alpha value is -2.42. The maximum Gasteiger partial charge on any atom is 0.355 e. The summed E-state index contributed by atoms with van der Waals surface area (Å²) in [6, 6.07) is 17.9. The number of aliphatic carboxylic acids is 1. The van der Waals surface area contributed by atoms with Crippen molar-refractivity contribution in [2.24, 2.45) is 4.99 Å². The fourth-order valence-corrected chi connectivity index (χ4v) is 1.46. The summed E-state index contributed by atoms with van der Waals surface area (Å²) in [4.78, 5) is 15.3. The highest BCUT2D eigenvalue weighted by atomic mass is 16.4. The molecule has 0 radical (unpaired) electrons. The van der Waals surface area contributed by atoms with Crippen LogP contribution in [-0.2, 0) is 4.79 Å². The van der Waals surface area contributed by atoms with E-state index in [9.17, 15) is 4.79 Å². The van der Waals surface area contributed by atoms with Gasteiger partial charge in [-0.15, -0.1) is 0 Å². The van der Waals surface area contributed by atoms with E-state index in [-0.39, 0.29) is 5.71 Å². The van der Waals surface area contributed by atoms with E-state index in [1.807, 2.05) is 24.3 Å². The third-order valence-corrected chi connectivity index (χ3v) is 2.25. The van der Waals surface area contributed by atoms with Crippen molar-refractivity contribution in [2.45, 2.75) is 0 Å². The van der Waals surface area contributed by atoms with Gasteiger partial charge in [-0.05, 0) is 12.1 Å². The van der Waals surface area contributed by atoms with Crippen LogP contribution in [0.2, 0.25) is 0 Å². The average molecular weight is 225 g/mol. The van der Waals surface area contributed by atoms with E-state index in [2.05, 4.69) is 4.99 Å². The molecule has 0 bridgehead atoms. The first-order valence-corrected chi connectivity index (χ1v) is 5.20. The van der Waals surface area contributed by atoms with Crippen LogP contribution in [0.1, 0.15) is 5.56 Å². The number of hydrogen-bond donors (Lipinski definition) is 1. The Morgan fingerprint density at radius 3 is 1.94 bits per heavy atom. The zero-order valence-corrected chi connectivity index (χ0v) is 9.08. The molecule has 1 N–H and O–H groups in total. The van der Waals surface area contributed by atoms with Crippen molar-refractivity contribution in [3.63, 3.8) is 0 Å². The maximum absolute atomic E-state index is 11.2. The molecule has 2 aromatic carbocycles. The van der Waals surface area contributed by atoms with Crippen molar-refractivity contribution in [3.8, 4) is 0 Å². The predicted octanol–water partition coefficient (Wildman–Crippen LogP) is 2.89. The number of carbonyl (C=O) groups is 1. The average Bonchev–Trinajstić information content (AvgIpc) is 2.38. The van der Waals surface area contributed by atoms with Crippen LogP contribution in [0.4, 0.5) is 5.69 Å². The molecule has 3 heteroatoms. The molecule has 0 saturated carbocycles. The van der Waals surface area contributed by atoms with E-state index in [1.165, 1.54) is 0 Å². The van der Waals surface area contributed by atoms with E-state index in [0.717, 1.165) is 0 Å². The number of para-hydroxylation sites is 1. The van der Waals surface area contributed by atoms with Gasteiger partial charge < -0.3 is 5.11 Å². The third-order valence-electron chi connectivity index (χ3n) is 2.25. The van der Waals surface area contributed by atoms with Crippen LogP contribution in [-0.4, -0.2) is 16.8 Å². The molecule has 2 rings (SSSR count). The lowest BCUT2D eigenvalue weighted by molar-refractivity contribution is -0.129. The molecule has 0 aliphatic heterocycles. The van der Waals surface area contributed by atoms with Gasteiger partial charge in [0.1, 0.15) is 0 Å². The molecule has 17 heavy (non-hydrogen) atoms. The Labute approximate surface area is 99.1 Å². The Bertz CT molecular complexity index is 533. The van der Waals surface area contributed by atoms with E-state index < -0.39 is 5.97 Å². The molecule has 2 aromatic rings. The lowest BCUT2D eigenvalue weighted by atomic mass is 10.1. The van der Waals surface area contributed by atoms with Crippen molar-refractivity contribution in [3.05, 3.63) is 66.2 Å². The van der Waals surface area contributed by atoms with Crippen molar-refractivity contribution in [2.75, 3.05) is 0 Å². The van der Waals surface area contributed by atoms with Gasteiger partial charge in [-0.1, -0.05) is 48.5 Å². The molecule has 0 aliphatic carbocycles. The van der Waals surface area contributed by atoms with Gasteiger partial charge in [0.2, 0.25) is 0 Å². The zero-order valence-electron chi connectivity index (χ0n) is 9.08. The molecule has 0 unspecified atom stereocenters. The molecule has 0 spiro atoms. The first-order valence-electron chi connectivity index (χ1n) is 5.20. The Balaban J connectivity index is 2.44. The summed E-state index contributed by atoms with van der Waals surface area (Å²) in [5.74, 6) is -1.03. The highest BCUT2D eigenvalue weighted by Crippen LogP contribution is 2.13. The molecule has 0 aromatic heterocycles. The molecule has 3 nitrogen and oxygen atoms in total. The van der Waals surface area contributed by atoms with Gasteiger partial charge in [0.05, 0.1) is 5.69 Å². The number of benzene rings is 2. The second-order valence-electron chi connectivity index (χ2n) is 3.47. The van der Waals surface area contributed by atoms with Gasteiger partial charge >= 0.3 is 5.97 Å². The number of hydrogen-bond acceptors (Lipinski definition) is 2. The molecule has 0 fully saturated rings. The summed E-state index contributed by atoms with van der Waals surface area (Å²) in [7, 11) is 0. The molecule has 0 amide bonds. The fourth-order valence-electron chi connectivity index (χ4n) is 1.46. The fraction of sp³-hybridized carbons (Fsp3) is 0. The molecule has 84 valence electrons. The Morgan fingerprint density at radius 1 is 0.882 bits per heavy atom. The van der Waals surface area contributed by atoms with Crippen LogP contribution >= 0.6 is 0 Å². The standard InChI is InChI=1S/C14H11NO2/c16-14(17)13(11-7-3-1-4-8-11)15-12-9-5-2-6-10-12/h1-10H,(H,16,17)/b15-13-. The first kappa shape index (κ1) is 11.1. The van der Waals surface area contributed by atoms with Crippen molar-refractivity contribution < 1.29 is 9.90 Å². The normalized spacial score (nSPS) is 11.2. The van der Waals surface area contributed by atoms with Crippen LogP contribution in [0.25, 0.3) is 0 Å². The van der Waals surface area contributed by atoms with E-state index in [0.29, 0.717) is 11.3 Å². The summed E-state index contributed by atoms with van der Waals surface area (Å²) in [6.07, 6.45) is 0. The smallest absolute Gasteiger partial charge is 0.355 e. The topological polar surface area (TPSA) is 49.7 Å². The summed E-state index contributed by atoms with van der Waals surface area (Å²) < 4.78 is 0. The minimum Gasteiger partial charge on any atom is -0.476 e. The van der Waals surface area contributed by atoms with Gasteiger partial charge in [0.15, 0.2) is 5.71 Å². The van der Waals surface area contributed by atoms with Crippen LogP contribution < -0.4 is 0 Å². The SMILES string of the molecule is O=C(O)/C(=N\c1ccccc1)c1ccccc1. The van der Waals surface area contributed by atoms with Crippen molar-refractivity contribution >= 4 is 17.4 Å². The highest BCUT2D eigenvalue weighted by Gasteiger charge is 2.11. The van der Waals surface area contributed by atoms with Crippen LogP contribution in [0.5, 0.6) is 0 Å². The summed E-state index contributed by atoms with van der Waals surface area (Å²) in [5, 5.41) is 9.16. The quantitative estimate of drug-likeness (QED) is 0.816. The van der Waals surface area contributed by atoms with Crippen molar-refractivity contribution in [1.82, 2.24) is 0 Å². The van der Waals surface area contributed by atoms with Crippen LogP contribution in [0, 0.1) is 0 Å². The van der Waals surface area contributed by atoms with Crippen LogP contribution in [0.3, 0.4) is 0 Å². The number of aliphatic imine (C=N–C) groups is 1. The summed E-state index contributed by atoms with van der Waals surface area (Å²) in [6.45, 7) is 0. The van der Waals surface area contributed by atoms with Crippen molar-refractivity contribution in [1.29, 1.82) is 0 Å². The third kappa shape index (κ3) is 2.78. The van der Waals surface area contributed by atoms with Gasteiger partial charge in [-0.25, -0.2) is 9.79 Å². The Kier molecular flexibility index (Phi) is 3.31. The lowest BCUT2D eigenvalue weighted by Gasteiger charge is -2.01. The zero-order chi connectivity index (χ0) is 12.1. The number of nitrogens with zero attached hydrogens (tertiary/aromatic N) is 1. The van der Waals surface area contributed by atoms with E-state index in [1.54, 1.807) is 36.4 Å². The molecular weight excluding hydrogens is 214 g/mol. The summed E-state index contributed by atoms with van der Waals surface area (Å²) in [5.41, 5.74) is 1.29. The highest BCUT2D eigenvalue weighted by molar-refractivity contribution is 6.43. The number of carboxylic acids is 1. The van der Waals surface area contributed by atoms with Gasteiger partial charge in [-0.3, -0.25) is 0 Å². The molecule has 0 saturated heterocycles. The number of carboxylic acid groups (broad SMARTS) is 1. The monoisotopic (exact) mass is 225 g/mol. The lowest BCUT2D eigenvalue weighted by Crippen LogP contribution is -2.13. The molecule has 0 atom stereocenters. The molecule has 0 heterocycles. The van der Waals surface area contributed by atoms with E-state index in [4.69, 9.17) is 5.11 Å². The molecule has 0 aliphatic rings. The largest absolute Gasteiger partial charge is 0.476 e. The van der Waals surface area contributed by atoms with Gasteiger partial charge in [0, 0.05) is 5.56 Å².